The minimum atomic E-state index is -0.125. The van der Waals surface area contributed by atoms with E-state index in [2.05, 4.69) is 36.6 Å². The van der Waals surface area contributed by atoms with E-state index < -0.39 is 0 Å². The van der Waals surface area contributed by atoms with E-state index in [4.69, 9.17) is 0 Å². The van der Waals surface area contributed by atoms with Crippen LogP contribution in [-0.2, 0) is 6.54 Å². The molecule has 0 aliphatic rings. The van der Waals surface area contributed by atoms with Gasteiger partial charge in [0, 0.05) is 42.7 Å². The normalized spacial score (nSPS) is 10.4. The fourth-order valence-corrected chi connectivity index (χ4v) is 2.22. The zero-order valence-corrected chi connectivity index (χ0v) is 13.4. The van der Waals surface area contributed by atoms with E-state index in [0.29, 0.717) is 24.5 Å². The van der Waals surface area contributed by atoms with Gasteiger partial charge in [-0.2, -0.15) is 5.10 Å². The van der Waals surface area contributed by atoms with Crippen LogP contribution in [0.5, 0.6) is 0 Å². The molecule has 0 unspecified atom stereocenters. The smallest absolute Gasteiger partial charge is 0.255 e. The van der Waals surface area contributed by atoms with Crippen LogP contribution in [0.2, 0.25) is 0 Å². The van der Waals surface area contributed by atoms with E-state index >= 15 is 0 Å². The van der Waals surface area contributed by atoms with Gasteiger partial charge in [0.15, 0.2) is 0 Å². The Labute approximate surface area is 132 Å². The highest BCUT2D eigenvalue weighted by molar-refractivity contribution is 9.10. The fraction of sp³-hybridized carbons (Fsp3) is 0.357. The molecule has 0 spiro atoms. The molecule has 112 valence electrons. The fourth-order valence-electron chi connectivity index (χ4n) is 1.89. The average molecular weight is 352 g/mol. The van der Waals surface area contributed by atoms with Crippen LogP contribution in [0.3, 0.4) is 0 Å². The molecule has 0 aromatic carbocycles. The molecule has 21 heavy (non-hydrogen) atoms. The number of carbonyl (C=O) groups is 1. The predicted octanol–water partition coefficient (Wildman–Crippen LogP) is 2.29. The van der Waals surface area contributed by atoms with Gasteiger partial charge in [-0.05, 0) is 41.4 Å². The van der Waals surface area contributed by atoms with Gasteiger partial charge in [0.1, 0.15) is 5.82 Å². The maximum atomic E-state index is 12.2. The first-order chi connectivity index (χ1) is 10.2. The summed E-state index contributed by atoms with van der Waals surface area (Å²) in [5.41, 5.74) is 0.547. The van der Waals surface area contributed by atoms with E-state index in [1.807, 2.05) is 23.9 Å². The molecule has 0 aliphatic heterocycles. The number of aromatic nitrogens is 3. The summed E-state index contributed by atoms with van der Waals surface area (Å²) in [4.78, 5) is 16.4. The van der Waals surface area contributed by atoms with Crippen molar-refractivity contribution < 1.29 is 4.79 Å². The zero-order chi connectivity index (χ0) is 15.1. The molecule has 2 rings (SSSR count). The molecule has 0 saturated carbocycles. The second kappa shape index (κ2) is 7.78. The van der Waals surface area contributed by atoms with Gasteiger partial charge in [0.2, 0.25) is 0 Å². The van der Waals surface area contributed by atoms with Gasteiger partial charge in [0.25, 0.3) is 5.91 Å². The number of pyridine rings is 1. The summed E-state index contributed by atoms with van der Waals surface area (Å²) < 4.78 is 2.63. The standard InChI is InChI=1S/C14H18BrN5O/c1-2-16-13-12(9-11(15)10-18-13)14(21)17-5-3-7-20-8-4-6-19-20/h4,6,8-10H,2-3,5,7H2,1H3,(H,16,18)(H,17,21). The third-order valence-electron chi connectivity index (χ3n) is 2.85. The third-order valence-corrected chi connectivity index (χ3v) is 3.29. The molecule has 2 N–H and O–H groups in total. The number of nitrogens with zero attached hydrogens (tertiary/aromatic N) is 3. The van der Waals surface area contributed by atoms with Crippen molar-refractivity contribution in [3.05, 3.63) is 40.8 Å². The highest BCUT2D eigenvalue weighted by Crippen LogP contribution is 2.17. The van der Waals surface area contributed by atoms with Gasteiger partial charge in [-0.3, -0.25) is 9.48 Å². The van der Waals surface area contributed by atoms with E-state index in [9.17, 15) is 4.79 Å². The Bertz CT molecular complexity index is 585. The lowest BCUT2D eigenvalue weighted by atomic mass is 10.2. The second-order valence-corrected chi connectivity index (χ2v) is 5.37. The van der Waals surface area contributed by atoms with Crippen LogP contribution in [0.4, 0.5) is 5.82 Å². The molecule has 6 nitrogen and oxygen atoms in total. The lowest BCUT2D eigenvalue weighted by Gasteiger charge is -2.10. The van der Waals surface area contributed by atoms with Gasteiger partial charge in [-0.1, -0.05) is 0 Å². The largest absolute Gasteiger partial charge is 0.370 e. The van der Waals surface area contributed by atoms with Crippen molar-refractivity contribution >= 4 is 27.7 Å². The molecular weight excluding hydrogens is 334 g/mol. The van der Waals surface area contributed by atoms with Crippen LogP contribution in [-0.4, -0.2) is 33.8 Å². The third kappa shape index (κ3) is 4.56. The molecule has 0 fully saturated rings. The summed E-state index contributed by atoms with van der Waals surface area (Å²) in [6.45, 7) is 4.06. The number of carbonyl (C=O) groups excluding carboxylic acids is 1. The molecule has 7 heteroatoms. The van der Waals surface area contributed by atoms with Gasteiger partial charge in [0.05, 0.1) is 5.56 Å². The number of amides is 1. The van der Waals surface area contributed by atoms with Crippen molar-refractivity contribution in [3.8, 4) is 0 Å². The van der Waals surface area contributed by atoms with Crippen LogP contribution in [0.15, 0.2) is 35.2 Å². The molecule has 0 radical (unpaired) electrons. The van der Waals surface area contributed by atoms with Gasteiger partial charge in [-0.15, -0.1) is 0 Å². The average Bonchev–Trinajstić information content (AvgIpc) is 2.99. The van der Waals surface area contributed by atoms with Crippen molar-refractivity contribution in [2.45, 2.75) is 19.9 Å². The highest BCUT2D eigenvalue weighted by Gasteiger charge is 2.12. The second-order valence-electron chi connectivity index (χ2n) is 4.46. The predicted molar refractivity (Wildman–Crippen MR) is 85.3 cm³/mol. The van der Waals surface area contributed by atoms with Gasteiger partial charge in [-0.25, -0.2) is 4.98 Å². The molecule has 0 bridgehead atoms. The number of halogens is 1. The van der Waals surface area contributed by atoms with Crippen molar-refractivity contribution in [1.29, 1.82) is 0 Å². The Hall–Kier alpha value is -1.89. The van der Waals surface area contributed by atoms with E-state index in [1.165, 1.54) is 0 Å². The number of aryl methyl sites for hydroxylation is 1. The lowest BCUT2D eigenvalue weighted by Crippen LogP contribution is -2.26. The Morgan fingerprint density at radius 3 is 3.05 bits per heavy atom. The summed E-state index contributed by atoms with van der Waals surface area (Å²) in [6, 6.07) is 3.66. The molecule has 0 saturated heterocycles. The van der Waals surface area contributed by atoms with Crippen molar-refractivity contribution in [2.24, 2.45) is 0 Å². The van der Waals surface area contributed by atoms with Crippen LogP contribution in [0, 0.1) is 0 Å². The number of rotatable bonds is 7. The van der Waals surface area contributed by atoms with E-state index in [-0.39, 0.29) is 5.91 Å². The molecular formula is C14H18BrN5O. The van der Waals surface area contributed by atoms with E-state index in [0.717, 1.165) is 17.4 Å². The maximum Gasteiger partial charge on any atom is 0.255 e. The Morgan fingerprint density at radius 2 is 2.33 bits per heavy atom. The summed E-state index contributed by atoms with van der Waals surface area (Å²) in [7, 11) is 0. The first-order valence-electron chi connectivity index (χ1n) is 6.85. The highest BCUT2D eigenvalue weighted by atomic mass is 79.9. The Kier molecular flexibility index (Phi) is 5.74. The first-order valence-corrected chi connectivity index (χ1v) is 7.65. The van der Waals surface area contributed by atoms with Crippen LogP contribution in [0.1, 0.15) is 23.7 Å². The SMILES string of the molecule is CCNc1ncc(Br)cc1C(=O)NCCCn1cccn1. The molecule has 0 aliphatic carbocycles. The molecule has 2 heterocycles. The summed E-state index contributed by atoms with van der Waals surface area (Å²) >= 11 is 3.34. The Morgan fingerprint density at radius 1 is 1.48 bits per heavy atom. The minimum Gasteiger partial charge on any atom is -0.370 e. The maximum absolute atomic E-state index is 12.2. The zero-order valence-electron chi connectivity index (χ0n) is 11.8. The van der Waals surface area contributed by atoms with E-state index in [1.54, 1.807) is 18.5 Å². The number of hydrogen-bond acceptors (Lipinski definition) is 4. The van der Waals surface area contributed by atoms with Crippen LogP contribution in [0.25, 0.3) is 0 Å². The quantitative estimate of drug-likeness (QED) is 0.750. The van der Waals surface area contributed by atoms with Crippen molar-refractivity contribution in [1.82, 2.24) is 20.1 Å². The summed E-state index contributed by atoms with van der Waals surface area (Å²) in [5.74, 6) is 0.477. The minimum absolute atomic E-state index is 0.125. The topological polar surface area (TPSA) is 71.8 Å². The Balaban J connectivity index is 1.88. The van der Waals surface area contributed by atoms with Gasteiger partial charge >= 0.3 is 0 Å². The molecule has 2 aromatic heterocycles. The van der Waals surface area contributed by atoms with Crippen molar-refractivity contribution in [2.75, 3.05) is 18.4 Å². The molecule has 0 atom stereocenters. The summed E-state index contributed by atoms with van der Waals surface area (Å²) in [5, 5.41) is 10.1. The lowest BCUT2D eigenvalue weighted by molar-refractivity contribution is 0.0953. The van der Waals surface area contributed by atoms with Gasteiger partial charge < -0.3 is 10.6 Å². The monoisotopic (exact) mass is 351 g/mol. The van der Waals surface area contributed by atoms with Crippen molar-refractivity contribution in [3.63, 3.8) is 0 Å². The molecule has 2 aromatic rings. The summed E-state index contributed by atoms with van der Waals surface area (Å²) in [6.07, 6.45) is 6.15. The number of hydrogen-bond donors (Lipinski definition) is 2. The molecule has 1 amide bonds. The first kappa shape index (κ1) is 15.5. The van der Waals surface area contributed by atoms with Crippen LogP contribution >= 0.6 is 15.9 Å². The number of nitrogens with one attached hydrogen (secondary N) is 2. The van der Waals surface area contributed by atoms with Crippen LogP contribution < -0.4 is 10.6 Å². The number of anilines is 1.